The van der Waals surface area contributed by atoms with Crippen LogP contribution in [0, 0.1) is 6.92 Å². The number of hydrogen-bond acceptors (Lipinski definition) is 6. The summed E-state index contributed by atoms with van der Waals surface area (Å²) in [6, 6.07) is 3.61. The van der Waals surface area contributed by atoms with Crippen molar-refractivity contribution in [1.29, 1.82) is 0 Å². The molecule has 1 aromatic rings. The zero-order valence-corrected chi connectivity index (χ0v) is 15.9. The summed E-state index contributed by atoms with van der Waals surface area (Å²) >= 11 is 0. The number of nitrogens with zero attached hydrogens (tertiary/aromatic N) is 2. The standard InChI is InChI=1S/C20H28N2O5/c1-15-10-17-18(27-9-8-26-17)11-16(15)19(23)22-6-7-25-14-20(24,13-22)12-21-4-2-3-5-21/h10-11,24H,2-9,12-14H2,1H3/t20-/m0/s1. The zero-order valence-electron chi connectivity index (χ0n) is 15.9. The van der Waals surface area contributed by atoms with Crippen molar-refractivity contribution in [1.82, 2.24) is 9.80 Å². The summed E-state index contributed by atoms with van der Waals surface area (Å²) in [6.07, 6.45) is 2.33. The van der Waals surface area contributed by atoms with Crippen molar-refractivity contribution in [3.8, 4) is 11.5 Å². The van der Waals surface area contributed by atoms with Gasteiger partial charge in [-0.1, -0.05) is 0 Å². The Labute approximate surface area is 159 Å². The molecule has 3 aliphatic heterocycles. The van der Waals surface area contributed by atoms with Gasteiger partial charge in [-0.2, -0.15) is 0 Å². The van der Waals surface area contributed by atoms with Crippen LogP contribution in [0.5, 0.6) is 11.5 Å². The van der Waals surface area contributed by atoms with Gasteiger partial charge in [0, 0.05) is 18.7 Å². The van der Waals surface area contributed by atoms with Crippen LogP contribution >= 0.6 is 0 Å². The van der Waals surface area contributed by atoms with Crippen LogP contribution < -0.4 is 9.47 Å². The lowest BCUT2D eigenvalue weighted by Crippen LogP contribution is -2.53. The highest BCUT2D eigenvalue weighted by Gasteiger charge is 2.37. The maximum absolute atomic E-state index is 13.2. The number of fused-ring (bicyclic) bond motifs is 1. The minimum Gasteiger partial charge on any atom is -0.486 e. The van der Waals surface area contributed by atoms with Crippen molar-refractivity contribution in [3.63, 3.8) is 0 Å². The number of ether oxygens (including phenoxy) is 3. The Kier molecular flexibility index (Phi) is 5.25. The molecule has 7 heteroatoms. The van der Waals surface area contributed by atoms with Crippen LogP contribution in [0.15, 0.2) is 12.1 Å². The van der Waals surface area contributed by atoms with E-state index in [4.69, 9.17) is 14.2 Å². The average molecular weight is 376 g/mol. The van der Waals surface area contributed by atoms with Crippen molar-refractivity contribution in [2.75, 3.05) is 59.2 Å². The van der Waals surface area contributed by atoms with Gasteiger partial charge in [0.2, 0.25) is 0 Å². The first-order valence-electron chi connectivity index (χ1n) is 9.76. The van der Waals surface area contributed by atoms with Crippen LogP contribution in [0.2, 0.25) is 0 Å². The normalized spacial score (nSPS) is 26.1. The molecule has 1 N–H and O–H groups in total. The SMILES string of the molecule is Cc1cc2c(cc1C(=O)N1CCOC[C@](O)(CN3CCCC3)C1)OCCO2. The fourth-order valence-electron chi connectivity index (χ4n) is 4.13. The second-order valence-electron chi connectivity index (χ2n) is 7.80. The molecule has 0 bridgehead atoms. The summed E-state index contributed by atoms with van der Waals surface area (Å²) in [4.78, 5) is 17.2. The Morgan fingerprint density at radius 3 is 2.56 bits per heavy atom. The minimum absolute atomic E-state index is 0.102. The summed E-state index contributed by atoms with van der Waals surface area (Å²) in [5.74, 6) is 1.18. The van der Waals surface area contributed by atoms with Gasteiger partial charge in [0.15, 0.2) is 11.5 Å². The van der Waals surface area contributed by atoms with E-state index in [2.05, 4.69) is 4.90 Å². The number of rotatable bonds is 3. The van der Waals surface area contributed by atoms with Gasteiger partial charge < -0.3 is 29.1 Å². The highest BCUT2D eigenvalue weighted by Crippen LogP contribution is 2.33. The number of benzene rings is 1. The number of likely N-dealkylation sites (tertiary alicyclic amines) is 1. The van der Waals surface area contributed by atoms with Crippen molar-refractivity contribution < 1.29 is 24.1 Å². The van der Waals surface area contributed by atoms with Crippen molar-refractivity contribution >= 4 is 5.91 Å². The lowest BCUT2D eigenvalue weighted by Gasteiger charge is -2.34. The van der Waals surface area contributed by atoms with E-state index in [1.807, 2.05) is 13.0 Å². The van der Waals surface area contributed by atoms with Gasteiger partial charge in [0.25, 0.3) is 5.91 Å². The second kappa shape index (κ2) is 7.66. The molecule has 0 radical (unpaired) electrons. The minimum atomic E-state index is -1.04. The van der Waals surface area contributed by atoms with Crippen LogP contribution in [0.1, 0.15) is 28.8 Å². The Morgan fingerprint density at radius 1 is 1.11 bits per heavy atom. The number of β-amino-alcohol motifs (C(OH)–C–C–N with tert-alkyl or cyclic N) is 1. The molecule has 0 aliphatic carbocycles. The van der Waals surface area contributed by atoms with Crippen LogP contribution in [-0.4, -0.2) is 85.6 Å². The number of amides is 1. The molecule has 0 unspecified atom stereocenters. The number of carbonyl (C=O) groups is 1. The smallest absolute Gasteiger partial charge is 0.254 e. The highest BCUT2D eigenvalue weighted by atomic mass is 16.6. The molecule has 0 saturated carbocycles. The third kappa shape index (κ3) is 4.05. The second-order valence-corrected chi connectivity index (χ2v) is 7.80. The largest absolute Gasteiger partial charge is 0.486 e. The van der Waals surface area contributed by atoms with E-state index in [0.717, 1.165) is 31.5 Å². The van der Waals surface area contributed by atoms with Gasteiger partial charge in [0.05, 0.1) is 19.8 Å². The predicted octanol–water partition coefficient (Wildman–Crippen LogP) is 1.07. The van der Waals surface area contributed by atoms with Crippen LogP contribution in [0.4, 0.5) is 0 Å². The summed E-state index contributed by atoms with van der Waals surface area (Å²) in [5, 5.41) is 11.1. The number of hydrogen-bond donors (Lipinski definition) is 1. The lowest BCUT2D eigenvalue weighted by molar-refractivity contribution is -0.0524. The van der Waals surface area contributed by atoms with Crippen molar-refractivity contribution in [2.24, 2.45) is 0 Å². The number of aliphatic hydroxyl groups is 1. The molecular formula is C20H28N2O5. The first-order chi connectivity index (χ1) is 13.0. The van der Waals surface area contributed by atoms with Crippen molar-refractivity contribution in [3.05, 3.63) is 23.3 Å². The highest BCUT2D eigenvalue weighted by molar-refractivity contribution is 5.96. The van der Waals surface area contributed by atoms with Gasteiger partial charge >= 0.3 is 0 Å². The first kappa shape index (κ1) is 18.5. The predicted molar refractivity (Wildman–Crippen MR) is 99.5 cm³/mol. The Hall–Kier alpha value is -1.83. The molecule has 27 heavy (non-hydrogen) atoms. The molecular weight excluding hydrogens is 348 g/mol. The molecule has 2 saturated heterocycles. The summed E-state index contributed by atoms with van der Waals surface area (Å²) in [7, 11) is 0. The molecule has 1 aromatic carbocycles. The zero-order chi connectivity index (χ0) is 18.9. The monoisotopic (exact) mass is 376 g/mol. The summed E-state index contributed by atoms with van der Waals surface area (Å²) in [5.41, 5.74) is 0.389. The molecule has 148 valence electrons. The van der Waals surface area contributed by atoms with E-state index in [9.17, 15) is 9.90 Å². The Balaban J connectivity index is 1.53. The number of aryl methyl sites for hydroxylation is 1. The van der Waals surface area contributed by atoms with Gasteiger partial charge in [-0.3, -0.25) is 4.79 Å². The van der Waals surface area contributed by atoms with Crippen LogP contribution in [0.3, 0.4) is 0 Å². The number of carbonyl (C=O) groups excluding carboxylic acids is 1. The van der Waals surface area contributed by atoms with Crippen molar-refractivity contribution in [2.45, 2.75) is 25.4 Å². The molecule has 0 spiro atoms. The third-order valence-electron chi connectivity index (χ3n) is 5.48. The van der Waals surface area contributed by atoms with Crippen LogP contribution in [-0.2, 0) is 4.74 Å². The topological polar surface area (TPSA) is 71.5 Å². The molecule has 3 aliphatic rings. The molecule has 4 rings (SSSR count). The summed E-state index contributed by atoms with van der Waals surface area (Å²) in [6.45, 7) is 6.86. The fourth-order valence-corrected chi connectivity index (χ4v) is 4.13. The molecule has 2 fully saturated rings. The summed E-state index contributed by atoms with van der Waals surface area (Å²) < 4.78 is 16.9. The van der Waals surface area contributed by atoms with E-state index in [-0.39, 0.29) is 19.1 Å². The fraction of sp³-hybridized carbons (Fsp3) is 0.650. The maximum atomic E-state index is 13.2. The molecule has 1 amide bonds. The Bertz CT molecular complexity index is 704. The van der Waals surface area contributed by atoms with E-state index in [0.29, 0.717) is 50.0 Å². The van der Waals surface area contributed by atoms with E-state index < -0.39 is 5.60 Å². The van der Waals surface area contributed by atoms with Gasteiger partial charge in [-0.05, 0) is 50.6 Å². The first-order valence-corrected chi connectivity index (χ1v) is 9.76. The molecule has 0 aromatic heterocycles. The van der Waals surface area contributed by atoms with E-state index >= 15 is 0 Å². The van der Waals surface area contributed by atoms with E-state index in [1.165, 1.54) is 0 Å². The Morgan fingerprint density at radius 2 is 1.81 bits per heavy atom. The van der Waals surface area contributed by atoms with Crippen LogP contribution in [0.25, 0.3) is 0 Å². The third-order valence-corrected chi connectivity index (χ3v) is 5.48. The van der Waals surface area contributed by atoms with Gasteiger partial charge in [-0.15, -0.1) is 0 Å². The average Bonchev–Trinajstić information content (AvgIpc) is 3.07. The lowest BCUT2D eigenvalue weighted by atomic mass is 10.0. The quantitative estimate of drug-likeness (QED) is 0.851. The maximum Gasteiger partial charge on any atom is 0.254 e. The van der Waals surface area contributed by atoms with Gasteiger partial charge in [-0.25, -0.2) is 0 Å². The van der Waals surface area contributed by atoms with E-state index in [1.54, 1.807) is 11.0 Å². The molecule has 3 heterocycles. The molecule has 1 atom stereocenters. The molecule has 7 nitrogen and oxygen atoms in total. The van der Waals surface area contributed by atoms with Gasteiger partial charge in [0.1, 0.15) is 18.8 Å².